The van der Waals surface area contributed by atoms with Crippen molar-refractivity contribution in [1.82, 2.24) is 25.4 Å². The average molecular weight is 387 g/mol. The van der Waals surface area contributed by atoms with E-state index in [0.717, 1.165) is 25.7 Å². The maximum atomic E-state index is 12.0. The molecule has 2 fully saturated rings. The van der Waals surface area contributed by atoms with Gasteiger partial charge in [-0.2, -0.15) is 0 Å². The molecule has 4 amide bonds. The Hall–Kier alpha value is -2.97. The third-order valence-electron chi connectivity index (χ3n) is 4.90. The molecule has 9 heteroatoms. The summed E-state index contributed by atoms with van der Waals surface area (Å²) in [6.45, 7) is 2.72. The first-order valence-electron chi connectivity index (χ1n) is 9.63. The molecule has 0 saturated carbocycles. The Bertz CT molecular complexity index is 695. The van der Waals surface area contributed by atoms with Gasteiger partial charge in [-0.3, -0.25) is 24.2 Å². The van der Waals surface area contributed by atoms with Crippen LogP contribution in [0.25, 0.3) is 0 Å². The smallest absolute Gasteiger partial charge is 0.311 e. The molecule has 1 aromatic rings. The lowest BCUT2D eigenvalue weighted by Gasteiger charge is -2.15. The molecule has 0 atom stereocenters. The molecular weight excluding hydrogens is 362 g/mol. The van der Waals surface area contributed by atoms with Crippen LogP contribution in [0.4, 0.5) is 0 Å². The predicted molar refractivity (Wildman–Crippen MR) is 99.6 cm³/mol. The van der Waals surface area contributed by atoms with Crippen LogP contribution in [0.5, 0.6) is 0 Å². The molecule has 0 aromatic carbocycles. The van der Waals surface area contributed by atoms with E-state index in [1.54, 1.807) is 28.0 Å². The van der Waals surface area contributed by atoms with E-state index in [0.29, 0.717) is 37.6 Å². The topological polar surface area (TPSA) is 112 Å². The highest BCUT2D eigenvalue weighted by molar-refractivity contribution is 6.35. The zero-order valence-electron chi connectivity index (χ0n) is 15.8. The quantitative estimate of drug-likeness (QED) is 0.681. The Morgan fingerprint density at radius 1 is 0.750 bits per heavy atom. The molecule has 2 saturated heterocycles. The Labute approximate surface area is 163 Å². The molecule has 3 rings (SSSR count). The summed E-state index contributed by atoms with van der Waals surface area (Å²) in [6.07, 6.45) is 3.70. The fourth-order valence-corrected chi connectivity index (χ4v) is 3.35. The molecule has 9 nitrogen and oxygen atoms in total. The van der Waals surface area contributed by atoms with E-state index in [1.807, 2.05) is 0 Å². The summed E-state index contributed by atoms with van der Waals surface area (Å²) in [7, 11) is 0. The maximum Gasteiger partial charge on any atom is 0.311 e. The summed E-state index contributed by atoms with van der Waals surface area (Å²) >= 11 is 0. The van der Waals surface area contributed by atoms with Crippen LogP contribution in [0.2, 0.25) is 0 Å². The van der Waals surface area contributed by atoms with Crippen LogP contribution in [0.15, 0.2) is 18.2 Å². The monoisotopic (exact) mass is 387 g/mol. The standard InChI is InChI=1S/C19H25N5O4/c25-16(18(27)23-8-1-2-9-23)20-12-14-6-5-7-15(22-14)13-21-17(26)19(28)24-10-3-4-11-24/h5-7H,1-4,8-13H2,(H,20,25)(H,21,26). The number of hydrogen-bond acceptors (Lipinski definition) is 5. The summed E-state index contributed by atoms with van der Waals surface area (Å²) in [4.78, 5) is 55.4. The Morgan fingerprint density at radius 3 is 1.54 bits per heavy atom. The van der Waals surface area contributed by atoms with Gasteiger partial charge in [0, 0.05) is 26.2 Å². The number of aromatic nitrogens is 1. The second-order valence-electron chi connectivity index (χ2n) is 6.98. The van der Waals surface area contributed by atoms with Crippen LogP contribution in [-0.2, 0) is 32.3 Å². The molecule has 28 heavy (non-hydrogen) atoms. The van der Waals surface area contributed by atoms with Crippen molar-refractivity contribution in [2.24, 2.45) is 0 Å². The molecular formula is C19H25N5O4. The van der Waals surface area contributed by atoms with E-state index in [4.69, 9.17) is 0 Å². The molecule has 0 spiro atoms. The van der Waals surface area contributed by atoms with Gasteiger partial charge in [0.2, 0.25) is 0 Å². The normalized spacial score (nSPS) is 16.1. The number of nitrogens with zero attached hydrogens (tertiary/aromatic N) is 3. The highest BCUT2D eigenvalue weighted by Crippen LogP contribution is 2.08. The van der Waals surface area contributed by atoms with Gasteiger partial charge in [-0.15, -0.1) is 0 Å². The number of pyridine rings is 1. The summed E-state index contributed by atoms with van der Waals surface area (Å²) in [6, 6.07) is 5.20. The number of carbonyl (C=O) groups is 4. The Morgan fingerprint density at radius 2 is 1.14 bits per heavy atom. The van der Waals surface area contributed by atoms with Gasteiger partial charge in [-0.25, -0.2) is 0 Å². The van der Waals surface area contributed by atoms with Crippen molar-refractivity contribution in [3.8, 4) is 0 Å². The van der Waals surface area contributed by atoms with E-state index < -0.39 is 23.6 Å². The molecule has 2 N–H and O–H groups in total. The van der Waals surface area contributed by atoms with E-state index in [9.17, 15) is 19.2 Å². The minimum atomic E-state index is -0.640. The predicted octanol–water partition coefficient (Wildman–Crippen LogP) is -0.441. The minimum absolute atomic E-state index is 0.118. The zero-order chi connectivity index (χ0) is 19.9. The first-order chi connectivity index (χ1) is 13.5. The second-order valence-corrected chi connectivity index (χ2v) is 6.98. The highest BCUT2D eigenvalue weighted by Gasteiger charge is 2.25. The largest absolute Gasteiger partial charge is 0.342 e. The lowest BCUT2D eigenvalue weighted by Crippen LogP contribution is -2.41. The molecule has 150 valence electrons. The van der Waals surface area contributed by atoms with Crippen LogP contribution in [0, 0.1) is 0 Å². The van der Waals surface area contributed by atoms with Crippen molar-refractivity contribution in [1.29, 1.82) is 0 Å². The summed E-state index contributed by atoms with van der Waals surface area (Å²) in [5.74, 6) is -2.31. The molecule has 2 aliphatic rings. The van der Waals surface area contributed by atoms with Gasteiger partial charge in [-0.1, -0.05) is 6.07 Å². The van der Waals surface area contributed by atoms with Crippen molar-refractivity contribution in [2.45, 2.75) is 38.8 Å². The summed E-state index contributed by atoms with van der Waals surface area (Å²) < 4.78 is 0. The molecule has 2 aliphatic heterocycles. The van der Waals surface area contributed by atoms with Crippen molar-refractivity contribution < 1.29 is 19.2 Å². The van der Waals surface area contributed by atoms with Gasteiger partial charge in [0.05, 0.1) is 24.5 Å². The van der Waals surface area contributed by atoms with Gasteiger partial charge in [0.25, 0.3) is 0 Å². The highest BCUT2D eigenvalue weighted by atomic mass is 16.2. The number of hydrogen-bond donors (Lipinski definition) is 2. The Kier molecular flexibility index (Phi) is 6.57. The zero-order valence-corrected chi connectivity index (χ0v) is 15.8. The third-order valence-corrected chi connectivity index (χ3v) is 4.90. The minimum Gasteiger partial charge on any atom is -0.342 e. The second kappa shape index (κ2) is 9.29. The number of carbonyl (C=O) groups excluding carboxylic acids is 4. The molecule has 0 radical (unpaired) electrons. The first kappa shape index (κ1) is 19.8. The fourth-order valence-electron chi connectivity index (χ4n) is 3.35. The van der Waals surface area contributed by atoms with E-state index in [-0.39, 0.29) is 13.1 Å². The molecule has 0 bridgehead atoms. The van der Waals surface area contributed by atoms with Gasteiger partial charge in [-0.05, 0) is 37.8 Å². The van der Waals surface area contributed by atoms with Crippen LogP contribution >= 0.6 is 0 Å². The fraction of sp³-hybridized carbons (Fsp3) is 0.526. The summed E-state index contributed by atoms with van der Waals surface area (Å²) in [5.41, 5.74) is 1.14. The SMILES string of the molecule is O=C(NCc1cccc(CNC(=O)C(=O)N2CCCC2)n1)C(=O)N1CCCC1. The van der Waals surface area contributed by atoms with Crippen LogP contribution in [-0.4, -0.2) is 64.6 Å². The van der Waals surface area contributed by atoms with Crippen molar-refractivity contribution in [3.05, 3.63) is 29.6 Å². The Balaban J connectivity index is 1.46. The summed E-state index contributed by atoms with van der Waals surface area (Å²) in [5, 5.41) is 5.16. The maximum absolute atomic E-state index is 12.0. The van der Waals surface area contributed by atoms with Crippen LogP contribution in [0.1, 0.15) is 37.1 Å². The molecule has 1 aromatic heterocycles. The first-order valence-corrected chi connectivity index (χ1v) is 9.63. The van der Waals surface area contributed by atoms with Gasteiger partial charge in [0.15, 0.2) is 0 Å². The van der Waals surface area contributed by atoms with Gasteiger partial charge < -0.3 is 20.4 Å². The molecule has 3 heterocycles. The lowest BCUT2D eigenvalue weighted by molar-refractivity contribution is -0.145. The van der Waals surface area contributed by atoms with E-state index in [1.165, 1.54) is 0 Å². The van der Waals surface area contributed by atoms with Crippen molar-refractivity contribution in [3.63, 3.8) is 0 Å². The van der Waals surface area contributed by atoms with E-state index >= 15 is 0 Å². The average Bonchev–Trinajstić information content (AvgIpc) is 3.43. The van der Waals surface area contributed by atoms with Crippen LogP contribution in [0.3, 0.4) is 0 Å². The lowest BCUT2D eigenvalue weighted by atomic mass is 10.3. The van der Waals surface area contributed by atoms with Crippen molar-refractivity contribution in [2.75, 3.05) is 26.2 Å². The number of likely N-dealkylation sites (tertiary alicyclic amines) is 2. The third kappa shape index (κ3) is 5.05. The van der Waals surface area contributed by atoms with Crippen LogP contribution < -0.4 is 10.6 Å². The number of nitrogens with one attached hydrogen (secondary N) is 2. The molecule has 0 unspecified atom stereocenters. The van der Waals surface area contributed by atoms with Crippen molar-refractivity contribution >= 4 is 23.6 Å². The number of rotatable bonds is 4. The molecule has 0 aliphatic carbocycles. The van der Waals surface area contributed by atoms with Gasteiger partial charge in [0.1, 0.15) is 0 Å². The van der Waals surface area contributed by atoms with Gasteiger partial charge >= 0.3 is 23.6 Å². The van der Waals surface area contributed by atoms with E-state index in [2.05, 4.69) is 15.6 Å². The number of amides is 4.